The molecule has 0 aliphatic carbocycles. The molecule has 0 aromatic rings. The lowest BCUT2D eigenvalue weighted by Gasteiger charge is -2.11. The number of carboxylic acids is 1. The van der Waals surface area contributed by atoms with E-state index in [1.165, 1.54) is 6.92 Å². The normalized spacial score (nSPS) is 13.8. The second-order valence-electron chi connectivity index (χ2n) is 4.37. The maximum atomic E-state index is 11.5. The third-order valence-corrected chi connectivity index (χ3v) is 2.63. The Morgan fingerprint density at radius 3 is 2.24 bits per heavy atom. The van der Waals surface area contributed by atoms with Crippen molar-refractivity contribution in [2.75, 3.05) is 0 Å². The molecule has 2 N–H and O–H groups in total. The Labute approximate surface area is 102 Å². The standard InChI is InChI=1S/C12H21NO4/c1-8(12(16)17)6-4-5-7-11(15)9(2)13-10(3)14/h8-9H,4-7H2,1-3H3,(H,13,14)(H,16,17)/t8-,9-/m1/s1. The van der Waals surface area contributed by atoms with Gasteiger partial charge in [0, 0.05) is 13.3 Å². The molecule has 2 atom stereocenters. The molecule has 0 aliphatic heterocycles. The van der Waals surface area contributed by atoms with Gasteiger partial charge in [0.2, 0.25) is 5.91 Å². The zero-order chi connectivity index (χ0) is 13.4. The fourth-order valence-electron chi connectivity index (χ4n) is 1.48. The van der Waals surface area contributed by atoms with Gasteiger partial charge in [-0.15, -0.1) is 0 Å². The average molecular weight is 243 g/mol. The summed E-state index contributed by atoms with van der Waals surface area (Å²) < 4.78 is 0. The summed E-state index contributed by atoms with van der Waals surface area (Å²) in [6, 6.07) is -0.454. The molecule has 0 aromatic carbocycles. The van der Waals surface area contributed by atoms with Gasteiger partial charge in [0.15, 0.2) is 5.78 Å². The number of carbonyl (C=O) groups is 3. The van der Waals surface area contributed by atoms with Crippen molar-refractivity contribution in [3.63, 3.8) is 0 Å². The van der Waals surface area contributed by atoms with E-state index in [0.29, 0.717) is 25.7 Å². The topological polar surface area (TPSA) is 83.5 Å². The van der Waals surface area contributed by atoms with Gasteiger partial charge in [-0.2, -0.15) is 0 Å². The van der Waals surface area contributed by atoms with Crippen LogP contribution in [0.3, 0.4) is 0 Å². The maximum Gasteiger partial charge on any atom is 0.306 e. The molecular formula is C12H21NO4. The molecule has 0 saturated carbocycles. The van der Waals surface area contributed by atoms with Crippen molar-refractivity contribution in [2.24, 2.45) is 5.92 Å². The molecule has 0 fully saturated rings. The Hall–Kier alpha value is -1.39. The van der Waals surface area contributed by atoms with E-state index in [9.17, 15) is 14.4 Å². The summed E-state index contributed by atoms with van der Waals surface area (Å²) in [5, 5.41) is 11.2. The summed E-state index contributed by atoms with van der Waals surface area (Å²) in [5.74, 6) is -1.39. The largest absolute Gasteiger partial charge is 0.481 e. The summed E-state index contributed by atoms with van der Waals surface area (Å²) in [4.78, 5) is 32.8. The zero-order valence-corrected chi connectivity index (χ0v) is 10.7. The number of rotatable bonds is 8. The van der Waals surface area contributed by atoms with E-state index in [0.717, 1.165) is 0 Å². The van der Waals surface area contributed by atoms with Crippen LogP contribution in [0.2, 0.25) is 0 Å². The van der Waals surface area contributed by atoms with Crippen molar-refractivity contribution < 1.29 is 19.5 Å². The minimum atomic E-state index is -0.803. The van der Waals surface area contributed by atoms with Gasteiger partial charge in [-0.05, 0) is 19.8 Å². The Balaban J connectivity index is 3.71. The van der Waals surface area contributed by atoms with E-state index in [2.05, 4.69) is 5.32 Å². The molecule has 0 aromatic heterocycles. The number of carbonyl (C=O) groups excluding carboxylic acids is 2. The molecule has 5 heteroatoms. The molecule has 1 amide bonds. The molecule has 17 heavy (non-hydrogen) atoms. The molecule has 0 unspecified atom stereocenters. The van der Waals surface area contributed by atoms with Gasteiger partial charge < -0.3 is 10.4 Å². The van der Waals surface area contributed by atoms with Crippen molar-refractivity contribution >= 4 is 17.7 Å². The fourth-order valence-corrected chi connectivity index (χ4v) is 1.48. The molecule has 0 saturated heterocycles. The SMILES string of the molecule is CC(=O)N[C@H](C)C(=O)CCCC[C@@H](C)C(=O)O. The summed E-state index contributed by atoms with van der Waals surface area (Å²) >= 11 is 0. The van der Waals surface area contributed by atoms with Crippen LogP contribution in [0.4, 0.5) is 0 Å². The van der Waals surface area contributed by atoms with Gasteiger partial charge in [-0.25, -0.2) is 0 Å². The van der Waals surface area contributed by atoms with Gasteiger partial charge in [-0.3, -0.25) is 14.4 Å². The highest BCUT2D eigenvalue weighted by Crippen LogP contribution is 2.10. The van der Waals surface area contributed by atoms with E-state index in [4.69, 9.17) is 5.11 Å². The lowest BCUT2D eigenvalue weighted by atomic mass is 10.0. The first-order valence-corrected chi connectivity index (χ1v) is 5.87. The highest BCUT2D eigenvalue weighted by molar-refractivity contribution is 5.87. The summed E-state index contributed by atoms with van der Waals surface area (Å²) in [6.45, 7) is 4.69. The minimum Gasteiger partial charge on any atom is -0.481 e. The predicted molar refractivity (Wildman–Crippen MR) is 63.6 cm³/mol. The van der Waals surface area contributed by atoms with E-state index in [1.807, 2.05) is 0 Å². The first-order valence-electron chi connectivity index (χ1n) is 5.87. The number of amides is 1. The Kier molecular flexibility index (Phi) is 7.18. The molecular weight excluding hydrogens is 222 g/mol. The number of unbranched alkanes of at least 4 members (excludes halogenated alkanes) is 1. The van der Waals surface area contributed by atoms with Gasteiger partial charge in [0.1, 0.15) is 0 Å². The number of hydrogen-bond acceptors (Lipinski definition) is 3. The summed E-state index contributed by atoms with van der Waals surface area (Å²) in [5.41, 5.74) is 0. The molecule has 0 bridgehead atoms. The Morgan fingerprint density at radius 2 is 1.76 bits per heavy atom. The molecule has 0 heterocycles. The number of Topliss-reactive ketones (excluding diaryl/α,β-unsaturated/α-hetero) is 1. The summed E-state index contributed by atoms with van der Waals surface area (Å²) in [6.07, 6.45) is 2.34. The highest BCUT2D eigenvalue weighted by Gasteiger charge is 2.14. The number of nitrogens with one attached hydrogen (secondary N) is 1. The number of hydrogen-bond donors (Lipinski definition) is 2. The molecule has 0 rings (SSSR count). The quantitative estimate of drug-likeness (QED) is 0.630. The monoisotopic (exact) mass is 243 g/mol. The second kappa shape index (κ2) is 7.81. The second-order valence-corrected chi connectivity index (χ2v) is 4.37. The van der Waals surface area contributed by atoms with Crippen molar-refractivity contribution in [1.82, 2.24) is 5.32 Å². The van der Waals surface area contributed by atoms with Crippen LogP contribution in [0.15, 0.2) is 0 Å². The number of ketones is 1. The van der Waals surface area contributed by atoms with Crippen molar-refractivity contribution in [2.45, 2.75) is 52.5 Å². The van der Waals surface area contributed by atoms with Crippen LogP contribution in [0, 0.1) is 5.92 Å². The van der Waals surface area contributed by atoms with E-state index >= 15 is 0 Å². The predicted octanol–water partition coefficient (Wildman–Crippen LogP) is 1.36. The van der Waals surface area contributed by atoms with Crippen LogP contribution < -0.4 is 5.32 Å². The fraction of sp³-hybridized carbons (Fsp3) is 0.750. The first-order chi connectivity index (χ1) is 7.84. The molecule has 0 radical (unpaired) electrons. The van der Waals surface area contributed by atoms with E-state index in [-0.39, 0.29) is 17.6 Å². The summed E-state index contributed by atoms with van der Waals surface area (Å²) in [7, 11) is 0. The zero-order valence-electron chi connectivity index (χ0n) is 10.7. The van der Waals surface area contributed by atoms with Crippen molar-refractivity contribution in [1.29, 1.82) is 0 Å². The smallest absolute Gasteiger partial charge is 0.306 e. The van der Waals surface area contributed by atoms with Gasteiger partial charge in [0.05, 0.1) is 12.0 Å². The van der Waals surface area contributed by atoms with Crippen LogP contribution in [-0.2, 0) is 14.4 Å². The van der Waals surface area contributed by atoms with Crippen LogP contribution in [0.25, 0.3) is 0 Å². The Morgan fingerprint density at radius 1 is 1.18 bits per heavy atom. The lowest BCUT2D eigenvalue weighted by Crippen LogP contribution is -2.36. The highest BCUT2D eigenvalue weighted by atomic mass is 16.4. The van der Waals surface area contributed by atoms with E-state index < -0.39 is 12.0 Å². The van der Waals surface area contributed by atoms with Gasteiger partial charge in [-0.1, -0.05) is 13.3 Å². The maximum absolute atomic E-state index is 11.5. The average Bonchev–Trinajstić information content (AvgIpc) is 2.22. The van der Waals surface area contributed by atoms with Crippen molar-refractivity contribution in [3.8, 4) is 0 Å². The van der Waals surface area contributed by atoms with Crippen molar-refractivity contribution in [3.05, 3.63) is 0 Å². The van der Waals surface area contributed by atoms with E-state index in [1.54, 1.807) is 13.8 Å². The lowest BCUT2D eigenvalue weighted by molar-refractivity contribution is -0.141. The number of carboxylic acid groups (broad SMARTS) is 1. The molecule has 98 valence electrons. The molecule has 0 aliphatic rings. The molecule has 0 spiro atoms. The molecule has 5 nitrogen and oxygen atoms in total. The van der Waals surface area contributed by atoms with Crippen LogP contribution in [-0.4, -0.2) is 28.8 Å². The Bertz CT molecular complexity index is 288. The number of aliphatic carboxylic acids is 1. The van der Waals surface area contributed by atoms with Crippen LogP contribution in [0.5, 0.6) is 0 Å². The van der Waals surface area contributed by atoms with Crippen LogP contribution >= 0.6 is 0 Å². The van der Waals surface area contributed by atoms with Crippen LogP contribution in [0.1, 0.15) is 46.5 Å². The van der Waals surface area contributed by atoms with Gasteiger partial charge in [0.25, 0.3) is 0 Å². The third kappa shape index (κ3) is 7.49. The third-order valence-electron chi connectivity index (χ3n) is 2.63. The van der Waals surface area contributed by atoms with Gasteiger partial charge >= 0.3 is 5.97 Å². The minimum absolute atomic E-state index is 0.0109. The first kappa shape index (κ1) is 15.6.